The molecule has 0 spiro atoms. The van der Waals surface area contributed by atoms with Gasteiger partial charge in [-0.2, -0.15) is 4.39 Å². The van der Waals surface area contributed by atoms with E-state index < -0.39 is 23.4 Å². The summed E-state index contributed by atoms with van der Waals surface area (Å²) < 4.78 is 51.7. The van der Waals surface area contributed by atoms with Gasteiger partial charge >= 0.3 is 0 Å². The number of aryl methyl sites for hydroxylation is 2. The maximum Gasteiger partial charge on any atom is 0.290 e. The van der Waals surface area contributed by atoms with Gasteiger partial charge in [0.05, 0.1) is 23.7 Å². The third-order valence-electron chi connectivity index (χ3n) is 5.64. The van der Waals surface area contributed by atoms with Crippen LogP contribution < -0.4 is 4.74 Å². The number of hydrogen-bond donors (Lipinski definition) is 1. The molecule has 2 heterocycles. The third-order valence-corrected chi connectivity index (χ3v) is 5.64. The van der Waals surface area contributed by atoms with Crippen LogP contribution in [0.2, 0.25) is 0 Å². The molecule has 2 unspecified atom stereocenters. The normalized spacial score (nSPS) is 18.9. The van der Waals surface area contributed by atoms with Crippen molar-refractivity contribution in [3.63, 3.8) is 0 Å². The smallest absolute Gasteiger partial charge is 0.290 e. The first kappa shape index (κ1) is 21.2. The zero-order valence-corrected chi connectivity index (χ0v) is 17.4. The highest BCUT2D eigenvalue weighted by molar-refractivity contribution is 5.95. The maximum absolute atomic E-state index is 15.5. The largest absolute Gasteiger partial charge is 0.493 e. The molecule has 8 heteroatoms. The summed E-state index contributed by atoms with van der Waals surface area (Å²) in [5.74, 6) is -6.00. The highest BCUT2D eigenvalue weighted by Crippen LogP contribution is 2.49. The second kappa shape index (κ2) is 7.60. The van der Waals surface area contributed by atoms with E-state index in [1.165, 1.54) is 18.3 Å². The molecule has 1 aliphatic heterocycles. The fourth-order valence-corrected chi connectivity index (χ4v) is 3.79. The van der Waals surface area contributed by atoms with Gasteiger partial charge in [0, 0.05) is 17.1 Å². The number of halogens is 3. The van der Waals surface area contributed by atoms with Gasteiger partial charge < -0.3 is 9.84 Å². The summed E-state index contributed by atoms with van der Waals surface area (Å²) >= 11 is 0. The molecule has 1 N–H and O–H groups in total. The van der Waals surface area contributed by atoms with Gasteiger partial charge in [0.15, 0.2) is 5.60 Å². The molecule has 162 valence electrons. The monoisotopic (exact) mass is 429 g/mol. The minimum atomic E-state index is -3.84. The lowest BCUT2D eigenvalue weighted by molar-refractivity contribution is -0.158. The Kier molecular flexibility index (Phi) is 5.21. The molecule has 31 heavy (non-hydrogen) atoms. The highest BCUT2D eigenvalue weighted by atomic mass is 19.3. The molecule has 0 saturated heterocycles. The van der Waals surface area contributed by atoms with E-state index >= 15 is 13.2 Å². The van der Waals surface area contributed by atoms with Gasteiger partial charge in [-0.15, -0.1) is 0 Å². The average molecular weight is 429 g/mol. The molecule has 5 nitrogen and oxygen atoms in total. The fraction of sp³-hybridized carbons (Fsp3) is 0.348. The average Bonchev–Trinajstić information content (AvgIpc) is 2.72. The van der Waals surface area contributed by atoms with Crippen LogP contribution >= 0.6 is 0 Å². The minimum absolute atomic E-state index is 0.0472. The predicted octanol–water partition coefficient (Wildman–Crippen LogP) is 5.20. The lowest BCUT2D eigenvalue weighted by Crippen LogP contribution is -2.54. The Hall–Kier alpha value is -3.00. The Labute approximate surface area is 177 Å². The molecular formula is C23H22F3N3O2. The van der Waals surface area contributed by atoms with Crippen LogP contribution in [0.4, 0.5) is 18.9 Å². The molecule has 0 bridgehead atoms. The maximum atomic E-state index is 15.5. The Bertz CT molecular complexity index is 1180. The molecular weight excluding hydrogens is 407 g/mol. The summed E-state index contributed by atoms with van der Waals surface area (Å²) in [7, 11) is 0. The number of benzene rings is 2. The van der Waals surface area contributed by atoms with E-state index in [1.807, 2.05) is 6.92 Å². The van der Waals surface area contributed by atoms with Crippen molar-refractivity contribution in [2.75, 3.05) is 6.61 Å². The van der Waals surface area contributed by atoms with Gasteiger partial charge in [-0.1, -0.05) is 18.2 Å². The Morgan fingerprint density at radius 3 is 2.77 bits per heavy atom. The summed E-state index contributed by atoms with van der Waals surface area (Å²) in [5, 5.41) is 11.1. The van der Waals surface area contributed by atoms with Crippen molar-refractivity contribution in [1.29, 1.82) is 0 Å². The van der Waals surface area contributed by atoms with Crippen molar-refractivity contribution >= 4 is 22.6 Å². The van der Waals surface area contributed by atoms with E-state index in [0.29, 0.717) is 22.5 Å². The van der Waals surface area contributed by atoms with E-state index in [0.717, 1.165) is 12.5 Å². The van der Waals surface area contributed by atoms with Crippen LogP contribution in [-0.4, -0.2) is 39.2 Å². The SMILES string of the molecule is Cc1ccc2c(c1)OCCC2C(F)(F)C(C)(O)C(F)=Nc1cccc2nc(C)ncc12. The molecule has 0 saturated carbocycles. The van der Waals surface area contributed by atoms with E-state index in [2.05, 4.69) is 15.0 Å². The van der Waals surface area contributed by atoms with Crippen LogP contribution in [0.1, 0.15) is 36.2 Å². The van der Waals surface area contributed by atoms with Gasteiger partial charge in [0.25, 0.3) is 5.92 Å². The predicted molar refractivity (Wildman–Crippen MR) is 112 cm³/mol. The molecule has 2 aromatic carbocycles. The van der Waals surface area contributed by atoms with E-state index in [1.54, 1.807) is 31.2 Å². The van der Waals surface area contributed by atoms with Crippen molar-refractivity contribution in [1.82, 2.24) is 9.97 Å². The first-order chi connectivity index (χ1) is 14.6. The van der Waals surface area contributed by atoms with Crippen molar-refractivity contribution in [3.05, 3.63) is 59.5 Å². The zero-order chi connectivity index (χ0) is 22.4. The van der Waals surface area contributed by atoms with Gasteiger partial charge in [-0.25, -0.2) is 23.7 Å². The molecule has 1 aliphatic rings. The molecule has 2 atom stereocenters. The van der Waals surface area contributed by atoms with Crippen LogP contribution in [0.5, 0.6) is 5.75 Å². The van der Waals surface area contributed by atoms with Crippen molar-refractivity contribution in [3.8, 4) is 5.75 Å². The Morgan fingerprint density at radius 1 is 1.23 bits per heavy atom. The number of rotatable bonds is 4. The summed E-state index contributed by atoms with van der Waals surface area (Å²) in [6.45, 7) is 4.32. The second-order valence-corrected chi connectivity index (χ2v) is 7.96. The first-order valence-corrected chi connectivity index (χ1v) is 9.92. The quantitative estimate of drug-likeness (QED) is 0.579. The second-order valence-electron chi connectivity index (χ2n) is 7.96. The number of ether oxygens (including phenoxy) is 1. The number of nitrogens with zero attached hydrogens (tertiary/aromatic N) is 3. The van der Waals surface area contributed by atoms with Gasteiger partial charge in [-0.3, -0.25) is 0 Å². The fourth-order valence-electron chi connectivity index (χ4n) is 3.79. The lowest BCUT2D eigenvalue weighted by atomic mass is 9.79. The van der Waals surface area contributed by atoms with Crippen molar-refractivity contribution in [2.24, 2.45) is 4.99 Å². The molecule has 0 amide bonds. The van der Waals surface area contributed by atoms with Gasteiger partial charge in [0.1, 0.15) is 11.6 Å². The number of aliphatic imine (C=N–C) groups is 1. The van der Waals surface area contributed by atoms with Gasteiger partial charge in [0.2, 0.25) is 5.97 Å². The van der Waals surface area contributed by atoms with Crippen LogP contribution in [0.3, 0.4) is 0 Å². The summed E-state index contributed by atoms with van der Waals surface area (Å²) in [6.07, 6.45) is 1.39. The van der Waals surface area contributed by atoms with Crippen LogP contribution in [0.25, 0.3) is 10.9 Å². The first-order valence-electron chi connectivity index (χ1n) is 9.92. The number of alkyl halides is 2. The summed E-state index contributed by atoms with van der Waals surface area (Å²) in [5.41, 5.74) is -1.47. The third kappa shape index (κ3) is 3.65. The molecule has 4 rings (SSSR count). The number of fused-ring (bicyclic) bond motifs is 2. The van der Waals surface area contributed by atoms with E-state index in [9.17, 15) is 5.11 Å². The van der Waals surface area contributed by atoms with E-state index in [4.69, 9.17) is 4.74 Å². The molecule has 0 aliphatic carbocycles. The zero-order valence-electron chi connectivity index (χ0n) is 17.4. The number of aliphatic hydroxyl groups is 1. The minimum Gasteiger partial charge on any atom is -0.493 e. The lowest BCUT2D eigenvalue weighted by Gasteiger charge is -2.39. The number of hydrogen-bond acceptors (Lipinski definition) is 5. The molecule has 0 radical (unpaired) electrons. The number of aromatic nitrogens is 2. The van der Waals surface area contributed by atoms with Crippen molar-refractivity contribution < 1.29 is 23.0 Å². The summed E-state index contributed by atoms with van der Waals surface area (Å²) in [4.78, 5) is 12.0. The Morgan fingerprint density at radius 2 is 2.00 bits per heavy atom. The molecule has 0 fully saturated rings. The standard InChI is InChI=1S/C23H22F3N3O2/c1-13-7-8-15-17(9-10-31-20(15)11-13)23(25,26)22(3,30)21(24)29-19-6-4-5-18-16(19)12-27-14(2)28-18/h4-8,11-12,17,30H,9-10H2,1-3H3. The van der Waals surface area contributed by atoms with Crippen LogP contribution in [0, 0.1) is 13.8 Å². The molecule has 1 aromatic heterocycles. The van der Waals surface area contributed by atoms with Gasteiger partial charge in [-0.05, 0) is 51.0 Å². The Balaban J connectivity index is 1.74. The van der Waals surface area contributed by atoms with Crippen molar-refractivity contribution in [2.45, 2.75) is 44.6 Å². The van der Waals surface area contributed by atoms with Crippen LogP contribution in [-0.2, 0) is 0 Å². The topological polar surface area (TPSA) is 67.6 Å². The van der Waals surface area contributed by atoms with Crippen LogP contribution in [0.15, 0.2) is 47.6 Å². The van der Waals surface area contributed by atoms with E-state index in [-0.39, 0.29) is 24.3 Å². The highest BCUT2D eigenvalue weighted by Gasteiger charge is 2.59. The molecule has 3 aromatic rings. The summed E-state index contributed by atoms with van der Waals surface area (Å²) in [6, 6.07) is 9.63.